The van der Waals surface area contributed by atoms with Crippen LogP contribution in [-0.4, -0.2) is 22.5 Å². The molecule has 0 atom stereocenters. The Hall–Kier alpha value is -1.84. The van der Waals surface area contributed by atoms with E-state index in [-0.39, 0.29) is 5.78 Å². The van der Waals surface area contributed by atoms with Crippen molar-refractivity contribution in [1.82, 2.24) is 9.61 Å². The predicted molar refractivity (Wildman–Crippen MR) is 51.7 cm³/mol. The molecule has 0 aliphatic heterocycles. The number of pyridine rings is 1. The smallest absolute Gasteiger partial charge is 0.180 e. The van der Waals surface area contributed by atoms with Gasteiger partial charge in [0.2, 0.25) is 0 Å². The zero-order chi connectivity index (χ0) is 10.1. The molecule has 0 spiro atoms. The Morgan fingerprint density at radius 1 is 1.57 bits per heavy atom. The second-order valence-corrected chi connectivity index (χ2v) is 2.99. The van der Waals surface area contributed by atoms with Gasteiger partial charge in [0, 0.05) is 13.1 Å². The number of carbonyl (C=O) groups excluding carboxylic acids is 1. The standard InChI is InChI=1S/C10H10N2O2/c1-7(13)8-6-9-10(14-2)4-3-5-12(9)11-8/h3-6H,1-2H3. The summed E-state index contributed by atoms with van der Waals surface area (Å²) < 4.78 is 6.78. The molecule has 0 aliphatic carbocycles. The number of rotatable bonds is 2. The van der Waals surface area contributed by atoms with Gasteiger partial charge >= 0.3 is 0 Å². The van der Waals surface area contributed by atoms with Crippen molar-refractivity contribution in [2.45, 2.75) is 6.92 Å². The highest BCUT2D eigenvalue weighted by Gasteiger charge is 2.08. The minimum Gasteiger partial charge on any atom is -0.494 e. The van der Waals surface area contributed by atoms with Crippen molar-refractivity contribution in [3.05, 3.63) is 30.1 Å². The number of ketones is 1. The summed E-state index contributed by atoms with van der Waals surface area (Å²) in [6.45, 7) is 1.49. The molecule has 0 saturated carbocycles. The third-order valence-corrected chi connectivity index (χ3v) is 2.04. The highest BCUT2D eigenvalue weighted by molar-refractivity contribution is 5.93. The van der Waals surface area contributed by atoms with E-state index in [4.69, 9.17) is 4.74 Å². The average Bonchev–Trinajstić information content (AvgIpc) is 2.60. The lowest BCUT2D eigenvalue weighted by Gasteiger charge is -1.99. The summed E-state index contributed by atoms with van der Waals surface area (Å²) in [5, 5.41) is 4.11. The molecule has 4 heteroatoms. The van der Waals surface area contributed by atoms with Gasteiger partial charge in [-0.1, -0.05) is 0 Å². The van der Waals surface area contributed by atoms with Gasteiger partial charge in [0.05, 0.1) is 7.11 Å². The van der Waals surface area contributed by atoms with E-state index in [1.165, 1.54) is 6.92 Å². The third kappa shape index (κ3) is 1.25. The summed E-state index contributed by atoms with van der Waals surface area (Å²) in [6, 6.07) is 5.38. The van der Waals surface area contributed by atoms with Crippen LogP contribution in [0.4, 0.5) is 0 Å². The molecule has 0 unspecified atom stereocenters. The van der Waals surface area contributed by atoms with E-state index in [0.717, 1.165) is 5.52 Å². The zero-order valence-corrected chi connectivity index (χ0v) is 8.02. The highest BCUT2D eigenvalue weighted by Crippen LogP contribution is 2.19. The summed E-state index contributed by atoms with van der Waals surface area (Å²) in [4.78, 5) is 11.1. The first-order chi connectivity index (χ1) is 6.72. The van der Waals surface area contributed by atoms with Crippen LogP contribution in [0.5, 0.6) is 5.75 Å². The summed E-state index contributed by atoms with van der Waals surface area (Å²) in [7, 11) is 1.59. The maximum absolute atomic E-state index is 11.1. The molecule has 72 valence electrons. The molecule has 0 N–H and O–H groups in total. The van der Waals surface area contributed by atoms with E-state index >= 15 is 0 Å². The Morgan fingerprint density at radius 2 is 2.36 bits per heavy atom. The maximum atomic E-state index is 11.1. The number of aromatic nitrogens is 2. The summed E-state index contributed by atoms with van der Waals surface area (Å²) in [5.74, 6) is 0.670. The van der Waals surface area contributed by atoms with Crippen molar-refractivity contribution >= 4 is 11.3 Å². The highest BCUT2D eigenvalue weighted by atomic mass is 16.5. The molecule has 0 bridgehead atoms. The number of methoxy groups -OCH3 is 1. The first-order valence-electron chi connectivity index (χ1n) is 4.25. The second kappa shape index (κ2) is 3.14. The molecule has 14 heavy (non-hydrogen) atoms. The van der Waals surface area contributed by atoms with E-state index in [1.54, 1.807) is 23.9 Å². The maximum Gasteiger partial charge on any atom is 0.180 e. The van der Waals surface area contributed by atoms with Crippen molar-refractivity contribution < 1.29 is 9.53 Å². The first kappa shape index (κ1) is 8.74. The first-order valence-corrected chi connectivity index (χ1v) is 4.25. The SMILES string of the molecule is COc1cccn2nc(C(C)=O)cc12. The van der Waals surface area contributed by atoms with Gasteiger partial charge in [0.15, 0.2) is 5.78 Å². The van der Waals surface area contributed by atoms with Crippen molar-refractivity contribution in [2.24, 2.45) is 0 Å². The molecule has 0 aromatic carbocycles. The lowest BCUT2D eigenvalue weighted by molar-refractivity contribution is 0.101. The Balaban J connectivity index is 2.70. The van der Waals surface area contributed by atoms with E-state index < -0.39 is 0 Å². The largest absolute Gasteiger partial charge is 0.494 e. The fourth-order valence-corrected chi connectivity index (χ4v) is 1.33. The van der Waals surface area contributed by atoms with Crippen molar-refractivity contribution in [3.63, 3.8) is 0 Å². The molecule has 0 saturated heterocycles. The monoisotopic (exact) mass is 190 g/mol. The molecule has 2 rings (SSSR count). The van der Waals surface area contributed by atoms with Crippen LogP contribution in [0.25, 0.3) is 5.52 Å². The van der Waals surface area contributed by atoms with Gasteiger partial charge in [-0.05, 0) is 18.2 Å². The molecule has 2 heterocycles. The lowest BCUT2D eigenvalue weighted by Crippen LogP contribution is -1.93. The van der Waals surface area contributed by atoms with E-state index in [9.17, 15) is 4.79 Å². The normalized spacial score (nSPS) is 10.4. The van der Waals surface area contributed by atoms with E-state index in [1.807, 2.05) is 12.1 Å². The minimum absolute atomic E-state index is 0.0456. The van der Waals surface area contributed by atoms with Crippen molar-refractivity contribution in [1.29, 1.82) is 0 Å². The Labute approximate surface area is 81.1 Å². The summed E-state index contributed by atoms with van der Waals surface area (Å²) in [6.07, 6.45) is 1.78. The molecule has 2 aromatic rings. The molecule has 0 radical (unpaired) electrons. The lowest BCUT2D eigenvalue weighted by atomic mass is 10.3. The quantitative estimate of drug-likeness (QED) is 0.675. The topological polar surface area (TPSA) is 43.6 Å². The Kier molecular flexibility index (Phi) is 1.96. The third-order valence-electron chi connectivity index (χ3n) is 2.04. The number of carbonyl (C=O) groups is 1. The molecule has 0 amide bonds. The van der Waals surface area contributed by atoms with Gasteiger partial charge in [0.1, 0.15) is 17.0 Å². The Morgan fingerprint density at radius 3 is 3.00 bits per heavy atom. The van der Waals surface area contributed by atoms with Gasteiger partial charge < -0.3 is 4.74 Å². The Bertz CT molecular complexity index is 488. The van der Waals surface area contributed by atoms with Crippen molar-refractivity contribution in [3.8, 4) is 5.75 Å². The van der Waals surface area contributed by atoms with Crippen LogP contribution in [-0.2, 0) is 0 Å². The molecular weight excluding hydrogens is 180 g/mol. The molecule has 0 fully saturated rings. The number of fused-ring (bicyclic) bond motifs is 1. The van der Waals surface area contributed by atoms with Crippen molar-refractivity contribution in [2.75, 3.05) is 7.11 Å². The van der Waals surface area contributed by atoms with Gasteiger partial charge in [-0.2, -0.15) is 5.10 Å². The van der Waals surface area contributed by atoms with Gasteiger partial charge in [-0.25, -0.2) is 4.52 Å². The predicted octanol–water partition coefficient (Wildman–Crippen LogP) is 1.55. The molecule has 0 aliphatic rings. The van der Waals surface area contributed by atoms with Crippen LogP contribution in [0.1, 0.15) is 17.4 Å². The van der Waals surface area contributed by atoms with Crippen LogP contribution in [0, 0.1) is 0 Å². The zero-order valence-electron chi connectivity index (χ0n) is 8.02. The number of ether oxygens (including phenoxy) is 1. The number of Topliss-reactive ketones (excluding diaryl/α,β-unsaturated/α-hetero) is 1. The van der Waals surface area contributed by atoms with Gasteiger partial charge in [0.25, 0.3) is 0 Å². The number of hydrogen-bond donors (Lipinski definition) is 0. The molecular formula is C10H10N2O2. The van der Waals surface area contributed by atoms with Crippen LogP contribution in [0.2, 0.25) is 0 Å². The van der Waals surface area contributed by atoms with Crippen LogP contribution in [0.3, 0.4) is 0 Å². The van der Waals surface area contributed by atoms with Gasteiger partial charge in [-0.3, -0.25) is 4.79 Å². The average molecular weight is 190 g/mol. The second-order valence-electron chi connectivity index (χ2n) is 2.99. The fraction of sp³-hybridized carbons (Fsp3) is 0.200. The fourth-order valence-electron chi connectivity index (χ4n) is 1.33. The van der Waals surface area contributed by atoms with Gasteiger partial charge in [-0.15, -0.1) is 0 Å². The van der Waals surface area contributed by atoms with Crippen LogP contribution >= 0.6 is 0 Å². The van der Waals surface area contributed by atoms with E-state index in [2.05, 4.69) is 5.10 Å². The van der Waals surface area contributed by atoms with E-state index in [0.29, 0.717) is 11.4 Å². The summed E-state index contributed by atoms with van der Waals surface area (Å²) in [5.41, 5.74) is 1.26. The number of hydrogen-bond acceptors (Lipinski definition) is 3. The summed E-state index contributed by atoms with van der Waals surface area (Å²) >= 11 is 0. The number of nitrogens with zero attached hydrogens (tertiary/aromatic N) is 2. The van der Waals surface area contributed by atoms with Crippen LogP contribution < -0.4 is 4.74 Å². The molecule has 2 aromatic heterocycles. The van der Waals surface area contributed by atoms with Crippen LogP contribution in [0.15, 0.2) is 24.4 Å². The molecule has 4 nitrogen and oxygen atoms in total. The minimum atomic E-state index is -0.0456.